The molecule has 1 N–H and O–H groups in total. The lowest BCUT2D eigenvalue weighted by Crippen LogP contribution is -2.21. The summed E-state index contributed by atoms with van der Waals surface area (Å²) in [6.45, 7) is 2.02. The second-order valence-corrected chi connectivity index (χ2v) is 8.59. The molecule has 0 amide bonds. The van der Waals surface area contributed by atoms with Gasteiger partial charge in [-0.05, 0) is 31.9 Å². The van der Waals surface area contributed by atoms with Crippen molar-refractivity contribution in [3.05, 3.63) is 35.7 Å². The minimum Gasteiger partial charge on any atom is -0.357 e. The summed E-state index contributed by atoms with van der Waals surface area (Å²) in [6, 6.07) is 8.56. The van der Waals surface area contributed by atoms with E-state index in [0.717, 1.165) is 37.6 Å². The van der Waals surface area contributed by atoms with E-state index in [1.807, 2.05) is 31.2 Å². The van der Waals surface area contributed by atoms with Crippen LogP contribution in [0.15, 0.2) is 28.6 Å². The number of rotatable bonds is 5. The maximum atomic E-state index is 4.75. The maximum Gasteiger partial charge on any atom is 0.206 e. The van der Waals surface area contributed by atoms with E-state index in [1.165, 1.54) is 32.1 Å². The SMILES string of the molecule is Cc1nc2ccccc2nc1CSc1nnc(NC2CCCCC2)s1. The van der Waals surface area contributed by atoms with Crippen molar-refractivity contribution in [2.24, 2.45) is 0 Å². The van der Waals surface area contributed by atoms with Crippen LogP contribution in [0.2, 0.25) is 0 Å². The summed E-state index contributed by atoms with van der Waals surface area (Å²) in [5.74, 6) is 0.766. The summed E-state index contributed by atoms with van der Waals surface area (Å²) in [5.41, 5.74) is 3.89. The number of benzene rings is 1. The number of para-hydroxylation sites is 2. The Hall–Kier alpha value is -1.73. The molecule has 1 saturated carbocycles. The van der Waals surface area contributed by atoms with E-state index >= 15 is 0 Å². The first-order chi connectivity index (χ1) is 12.3. The third-order valence-corrected chi connectivity index (χ3v) is 6.51. The monoisotopic (exact) mass is 371 g/mol. The van der Waals surface area contributed by atoms with Crippen LogP contribution in [0.5, 0.6) is 0 Å². The van der Waals surface area contributed by atoms with Crippen LogP contribution < -0.4 is 5.32 Å². The third-order valence-electron chi connectivity index (χ3n) is 4.51. The number of nitrogens with one attached hydrogen (secondary N) is 1. The average Bonchev–Trinajstić information content (AvgIpc) is 3.08. The van der Waals surface area contributed by atoms with E-state index in [1.54, 1.807) is 23.1 Å². The van der Waals surface area contributed by atoms with Gasteiger partial charge in [0.05, 0.1) is 22.4 Å². The van der Waals surface area contributed by atoms with Crippen LogP contribution in [0.1, 0.15) is 43.5 Å². The molecule has 130 valence electrons. The summed E-state index contributed by atoms with van der Waals surface area (Å²) in [6.07, 6.45) is 6.49. The molecule has 3 aromatic rings. The number of thioether (sulfide) groups is 1. The lowest BCUT2D eigenvalue weighted by atomic mass is 9.96. The van der Waals surface area contributed by atoms with Crippen LogP contribution >= 0.6 is 23.1 Å². The minimum absolute atomic E-state index is 0.563. The fourth-order valence-electron chi connectivity index (χ4n) is 3.14. The molecule has 0 spiro atoms. The highest BCUT2D eigenvalue weighted by molar-refractivity contribution is 8.00. The second kappa shape index (κ2) is 7.66. The van der Waals surface area contributed by atoms with E-state index < -0.39 is 0 Å². The van der Waals surface area contributed by atoms with Crippen molar-refractivity contribution < 1.29 is 0 Å². The van der Waals surface area contributed by atoms with Crippen LogP contribution in [0.3, 0.4) is 0 Å². The zero-order valence-corrected chi connectivity index (χ0v) is 15.9. The molecule has 1 aliphatic carbocycles. The third kappa shape index (κ3) is 4.10. The van der Waals surface area contributed by atoms with Crippen molar-refractivity contribution in [1.82, 2.24) is 20.2 Å². The van der Waals surface area contributed by atoms with Crippen molar-refractivity contribution >= 4 is 39.3 Å². The van der Waals surface area contributed by atoms with Gasteiger partial charge in [0, 0.05) is 11.8 Å². The molecular weight excluding hydrogens is 350 g/mol. The molecule has 0 bridgehead atoms. The van der Waals surface area contributed by atoms with E-state index in [-0.39, 0.29) is 0 Å². The van der Waals surface area contributed by atoms with Crippen LogP contribution in [0, 0.1) is 6.92 Å². The molecule has 2 aromatic heterocycles. The Labute approximate surface area is 155 Å². The van der Waals surface area contributed by atoms with Gasteiger partial charge in [0.2, 0.25) is 5.13 Å². The van der Waals surface area contributed by atoms with Crippen molar-refractivity contribution in [1.29, 1.82) is 0 Å². The molecule has 0 radical (unpaired) electrons. The summed E-state index contributed by atoms with van der Waals surface area (Å²) in [5, 5.41) is 13.1. The Morgan fingerprint density at radius 3 is 2.64 bits per heavy atom. The molecule has 25 heavy (non-hydrogen) atoms. The Morgan fingerprint density at radius 1 is 1.08 bits per heavy atom. The van der Waals surface area contributed by atoms with Crippen LogP contribution in [0.4, 0.5) is 5.13 Å². The Kier molecular flexibility index (Phi) is 5.12. The van der Waals surface area contributed by atoms with E-state index in [0.29, 0.717) is 6.04 Å². The zero-order chi connectivity index (χ0) is 17.1. The fraction of sp³-hybridized carbons (Fsp3) is 0.444. The van der Waals surface area contributed by atoms with Gasteiger partial charge in [-0.15, -0.1) is 10.2 Å². The number of aryl methyl sites for hydroxylation is 1. The molecular formula is C18H21N5S2. The first-order valence-electron chi connectivity index (χ1n) is 8.73. The zero-order valence-electron chi connectivity index (χ0n) is 14.2. The lowest BCUT2D eigenvalue weighted by Gasteiger charge is -2.21. The topological polar surface area (TPSA) is 63.6 Å². The quantitative estimate of drug-likeness (QED) is 0.648. The second-order valence-electron chi connectivity index (χ2n) is 6.39. The highest BCUT2D eigenvalue weighted by Crippen LogP contribution is 2.30. The largest absolute Gasteiger partial charge is 0.357 e. The normalized spacial score (nSPS) is 15.6. The standard InChI is InChI=1S/C18H21N5S2/c1-12-16(21-15-10-6-5-9-14(15)19-12)11-24-18-23-22-17(25-18)20-13-7-3-2-4-8-13/h5-6,9-10,13H,2-4,7-8,11H2,1H3,(H,20,22). The first kappa shape index (κ1) is 16.7. The van der Waals surface area contributed by atoms with Crippen molar-refractivity contribution in [3.8, 4) is 0 Å². The molecule has 1 fully saturated rings. The Balaban J connectivity index is 1.40. The van der Waals surface area contributed by atoms with Gasteiger partial charge in [0.15, 0.2) is 4.34 Å². The fourth-order valence-corrected chi connectivity index (χ4v) is 4.98. The number of aromatic nitrogens is 4. The molecule has 4 rings (SSSR count). The van der Waals surface area contributed by atoms with Crippen molar-refractivity contribution in [2.75, 3.05) is 5.32 Å². The predicted molar refractivity (Wildman–Crippen MR) is 104 cm³/mol. The molecule has 2 heterocycles. The minimum atomic E-state index is 0.563. The lowest BCUT2D eigenvalue weighted by molar-refractivity contribution is 0.462. The highest BCUT2D eigenvalue weighted by Gasteiger charge is 2.15. The molecule has 1 aromatic carbocycles. The summed E-state index contributed by atoms with van der Waals surface area (Å²) < 4.78 is 0.979. The van der Waals surface area contributed by atoms with Gasteiger partial charge in [-0.2, -0.15) is 0 Å². The van der Waals surface area contributed by atoms with Crippen LogP contribution in [0.25, 0.3) is 11.0 Å². The van der Waals surface area contributed by atoms with Crippen molar-refractivity contribution in [3.63, 3.8) is 0 Å². The van der Waals surface area contributed by atoms with Gasteiger partial charge in [-0.3, -0.25) is 0 Å². The number of nitrogens with zero attached hydrogens (tertiary/aromatic N) is 4. The average molecular weight is 372 g/mol. The van der Waals surface area contributed by atoms with Gasteiger partial charge in [0.1, 0.15) is 0 Å². The van der Waals surface area contributed by atoms with E-state index in [9.17, 15) is 0 Å². The summed E-state index contributed by atoms with van der Waals surface area (Å²) in [7, 11) is 0. The van der Waals surface area contributed by atoms with Gasteiger partial charge >= 0.3 is 0 Å². The molecule has 0 atom stereocenters. The maximum absolute atomic E-state index is 4.75. The van der Waals surface area contributed by atoms with Crippen LogP contribution in [-0.2, 0) is 5.75 Å². The molecule has 1 aliphatic rings. The number of fused-ring (bicyclic) bond motifs is 1. The Bertz CT molecular complexity index is 858. The first-order valence-corrected chi connectivity index (χ1v) is 10.5. The molecule has 0 saturated heterocycles. The summed E-state index contributed by atoms with van der Waals surface area (Å²) >= 11 is 3.32. The number of anilines is 1. The van der Waals surface area contributed by atoms with Crippen LogP contribution in [-0.4, -0.2) is 26.2 Å². The Morgan fingerprint density at radius 2 is 1.84 bits per heavy atom. The number of hydrogen-bond acceptors (Lipinski definition) is 7. The molecule has 7 heteroatoms. The molecule has 5 nitrogen and oxygen atoms in total. The smallest absolute Gasteiger partial charge is 0.206 e. The van der Waals surface area contributed by atoms with Gasteiger partial charge in [-0.1, -0.05) is 54.5 Å². The highest BCUT2D eigenvalue weighted by atomic mass is 32.2. The number of hydrogen-bond donors (Lipinski definition) is 1. The van der Waals surface area contributed by atoms with Crippen molar-refractivity contribution in [2.45, 2.75) is 55.2 Å². The molecule has 0 unspecified atom stereocenters. The predicted octanol–water partition coefficient (Wildman–Crippen LogP) is 4.83. The van der Waals surface area contributed by atoms with E-state index in [4.69, 9.17) is 4.98 Å². The van der Waals surface area contributed by atoms with E-state index in [2.05, 4.69) is 20.5 Å². The van der Waals surface area contributed by atoms with Gasteiger partial charge < -0.3 is 5.32 Å². The van der Waals surface area contributed by atoms with Gasteiger partial charge in [0.25, 0.3) is 0 Å². The summed E-state index contributed by atoms with van der Waals surface area (Å²) in [4.78, 5) is 9.40. The molecule has 0 aliphatic heterocycles. The van der Waals surface area contributed by atoms with Gasteiger partial charge in [-0.25, -0.2) is 9.97 Å².